The molecule has 0 amide bonds. The van der Waals surface area contributed by atoms with Gasteiger partial charge in [0.05, 0.1) is 24.9 Å². The number of aromatic hydroxyl groups is 1. The van der Waals surface area contributed by atoms with Crippen LogP contribution < -0.4 is 0 Å². The zero-order valence-corrected chi connectivity index (χ0v) is 18.9. The Morgan fingerprint density at radius 1 is 1.03 bits per heavy atom. The van der Waals surface area contributed by atoms with Gasteiger partial charge in [-0.15, -0.1) is 0 Å². The van der Waals surface area contributed by atoms with Crippen LogP contribution in [0.1, 0.15) is 5.56 Å². The fourth-order valence-corrected chi connectivity index (χ4v) is 5.12. The minimum atomic E-state index is -1.68. The molecule has 1 aromatic rings. The first-order valence-corrected chi connectivity index (χ1v) is 11.5. The van der Waals surface area contributed by atoms with Crippen molar-refractivity contribution in [3.8, 4) is 5.75 Å². The molecule has 3 fully saturated rings. The summed E-state index contributed by atoms with van der Waals surface area (Å²) in [5, 5.41) is 60.8. The molecular weight excluding hydrogens is 480 g/mol. The molecule has 6 N–H and O–H groups in total. The van der Waals surface area contributed by atoms with Crippen molar-refractivity contribution >= 4 is 12.0 Å². The Balaban J connectivity index is 1.22. The minimum Gasteiger partial charge on any atom is -0.508 e. The van der Waals surface area contributed by atoms with Crippen LogP contribution in [0.15, 0.2) is 42.7 Å². The summed E-state index contributed by atoms with van der Waals surface area (Å²) in [7, 11) is 0. The highest BCUT2D eigenvalue weighted by atomic mass is 16.8. The van der Waals surface area contributed by atoms with E-state index in [2.05, 4.69) is 0 Å². The van der Waals surface area contributed by atoms with Crippen LogP contribution in [0.2, 0.25) is 0 Å². The molecule has 0 radical (unpaired) electrons. The summed E-state index contributed by atoms with van der Waals surface area (Å²) in [6, 6.07) is 6.11. The second kappa shape index (κ2) is 9.72. The number of rotatable bonds is 7. The van der Waals surface area contributed by atoms with E-state index in [9.17, 15) is 35.4 Å². The van der Waals surface area contributed by atoms with Gasteiger partial charge < -0.3 is 54.3 Å². The van der Waals surface area contributed by atoms with Gasteiger partial charge in [-0.05, 0) is 29.8 Å². The second-order valence-electron chi connectivity index (χ2n) is 9.28. The monoisotopic (exact) mass is 508 g/mol. The molecule has 11 atom stereocenters. The highest BCUT2D eigenvalue weighted by molar-refractivity contribution is 5.87. The van der Waals surface area contributed by atoms with E-state index < -0.39 is 79.2 Å². The average Bonchev–Trinajstić information content (AvgIpc) is 3.57. The number of aliphatic hydroxyl groups excluding tert-OH is 5. The lowest BCUT2D eigenvalue weighted by Crippen LogP contribution is -2.60. The molecule has 1 saturated carbocycles. The molecular formula is C24H28O12. The Morgan fingerprint density at radius 2 is 1.78 bits per heavy atom. The molecule has 0 bridgehead atoms. The van der Waals surface area contributed by atoms with Gasteiger partial charge in [-0.1, -0.05) is 12.1 Å². The SMILES string of the molecule is O=C(/C=C/c1ccc(O)cc1)OC[C@H]1O[C@@H](O[C@@H]2OC=C[C@H]3[C@H](O)[C@H]4O[C@@]4(CO)[C@@H]23)[C@H](O)[C@@H](O)[C@@H]1O. The zero-order valence-electron chi connectivity index (χ0n) is 18.9. The Bertz CT molecular complexity index is 1010. The molecule has 3 heterocycles. The molecule has 0 spiro atoms. The van der Waals surface area contributed by atoms with Gasteiger partial charge in [0.15, 0.2) is 6.29 Å². The van der Waals surface area contributed by atoms with E-state index in [0.29, 0.717) is 5.56 Å². The first-order chi connectivity index (χ1) is 17.2. The topological polar surface area (TPSA) is 188 Å². The van der Waals surface area contributed by atoms with Crippen LogP contribution in [0.4, 0.5) is 0 Å². The largest absolute Gasteiger partial charge is 0.508 e. The number of carbonyl (C=O) groups is 1. The maximum atomic E-state index is 12.1. The molecule has 1 aromatic carbocycles. The van der Waals surface area contributed by atoms with Gasteiger partial charge in [-0.2, -0.15) is 0 Å². The van der Waals surface area contributed by atoms with Crippen LogP contribution in [-0.2, 0) is 28.5 Å². The summed E-state index contributed by atoms with van der Waals surface area (Å²) in [5.74, 6) is -1.71. The Hall–Kier alpha value is -2.55. The number of esters is 1. The molecule has 0 aromatic heterocycles. The quantitative estimate of drug-likeness (QED) is 0.141. The van der Waals surface area contributed by atoms with E-state index in [4.69, 9.17) is 23.7 Å². The molecule has 36 heavy (non-hydrogen) atoms. The number of benzene rings is 1. The third-order valence-electron chi connectivity index (χ3n) is 7.14. The Morgan fingerprint density at radius 3 is 2.50 bits per heavy atom. The van der Waals surface area contributed by atoms with Crippen LogP contribution >= 0.6 is 0 Å². The number of phenols is 1. The molecule has 0 unspecified atom stereocenters. The summed E-state index contributed by atoms with van der Waals surface area (Å²) in [6.07, 6.45) is -4.61. The van der Waals surface area contributed by atoms with Crippen molar-refractivity contribution in [3.63, 3.8) is 0 Å². The molecule has 4 aliphatic rings. The molecule has 196 valence electrons. The van der Waals surface area contributed by atoms with Crippen LogP contribution in [0.5, 0.6) is 5.75 Å². The summed E-state index contributed by atoms with van der Waals surface area (Å²) in [5.41, 5.74) is -0.416. The number of hydrogen-bond acceptors (Lipinski definition) is 12. The van der Waals surface area contributed by atoms with Gasteiger partial charge >= 0.3 is 5.97 Å². The summed E-state index contributed by atoms with van der Waals surface area (Å²) >= 11 is 0. The van der Waals surface area contributed by atoms with Gasteiger partial charge in [-0.25, -0.2) is 4.79 Å². The van der Waals surface area contributed by atoms with Crippen molar-refractivity contribution in [2.75, 3.05) is 13.2 Å². The van der Waals surface area contributed by atoms with Gasteiger partial charge in [-0.3, -0.25) is 0 Å². The zero-order chi connectivity index (χ0) is 25.6. The lowest BCUT2D eigenvalue weighted by atomic mass is 9.85. The number of epoxide rings is 1. The molecule has 12 nitrogen and oxygen atoms in total. The van der Waals surface area contributed by atoms with E-state index in [-0.39, 0.29) is 12.4 Å². The van der Waals surface area contributed by atoms with Crippen LogP contribution in [-0.4, -0.2) is 105 Å². The summed E-state index contributed by atoms with van der Waals surface area (Å²) < 4.78 is 27.6. The summed E-state index contributed by atoms with van der Waals surface area (Å²) in [4.78, 5) is 12.1. The van der Waals surface area contributed by atoms with Gasteiger partial charge in [0.2, 0.25) is 6.29 Å². The van der Waals surface area contributed by atoms with Crippen molar-refractivity contribution in [1.82, 2.24) is 0 Å². The van der Waals surface area contributed by atoms with Gasteiger partial charge in [0, 0.05) is 12.0 Å². The van der Waals surface area contributed by atoms with Crippen LogP contribution in [0.25, 0.3) is 6.08 Å². The smallest absolute Gasteiger partial charge is 0.330 e. The van der Waals surface area contributed by atoms with Crippen molar-refractivity contribution in [3.05, 3.63) is 48.2 Å². The highest BCUT2D eigenvalue weighted by Crippen LogP contribution is 2.59. The number of carbonyl (C=O) groups excluding carboxylic acids is 1. The van der Waals surface area contributed by atoms with Crippen molar-refractivity contribution in [2.45, 2.75) is 54.8 Å². The van der Waals surface area contributed by atoms with E-state index in [0.717, 1.165) is 6.08 Å². The van der Waals surface area contributed by atoms with Crippen molar-refractivity contribution < 1.29 is 59.1 Å². The molecule has 2 saturated heterocycles. The first kappa shape index (κ1) is 25.1. The fourth-order valence-electron chi connectivity index (χ4n) is 5.12. The standard InChI is InChI=1S/C24H28O12/c25-10-24-16-13(17(28)21(24)36-24)7-8-32-22(16)35-23-20(31)19(30)18(29)14(34-23)9-33-15(27)6-3-11-1-4-12(26)5-2-11/h1-8,13-14,16-23,25-26,28-31H,9-10H2/b6-3+/t13-,14-,16-,17+,18-,19+,20-,21-,22+,23+,24+/m1/s1. The minimum absolute atomic E-state index is 0.0842. The van der Waals surface area contributed by atoms with Crippen molar-refractivity contribution in [1.29, 1.82) is 0 Å². The van der Waals surface area contributed by atoms with Gasteiger partial charge in [0.25, 0.3) is 0 Å². The number of phenolic OH excluding ortho intramolecular Hbond substituents is 1. The predicted molar refractivity (Wildman–Crippen MR) is 118 cm³/mol. The predicted octanol–water partition coefficient (Wildman–Crippen LogP) is -1.62. The highest BCUT2D eigenvalue weighted by Gasteiger charge is 2.75. The lowest BCUT2D eigenvalue weighted by molar-refractivity contribution is -0.344. The maximum Gasteiger partial charge on any atom is 0.330 e. The average molecular weight is 508 g/mol. The van der Waals surface area contributed by atoms with E-state index in [1.807, 2.05) is 0 Å². The van der Waals surface area contributed by atoms with E-state index in [1.54, 1.807) is 18.2 Å². The van der Waals surface area contributed by atoms with E-state index >= 15 is 0 Å². The fraction of sp³-hybridized carbons (Fsp3) is 0.542. The Labute approximate surface area is 205 Å². The number of ether oxygens (including phenoxy) is 5. The van der Waals surface area contributed by atoms with Crippen LogP contribution in [0, 0.1) is 11.8 Å². The number of hydrogen-bond donors (Lipinski definition) is 6. The number of fused-ring (bicyclic) bond motifs is 3. The molecule has 12 heteroatoms. The van der Waals surface area contributed by atoms with Gasteiger partial charge in [0.1, 0.15) is 48.5 Å². The Kier molecular flexibility index (Phi) is 6.78. The number of aliphatic hydroxyl groups is 5. The lowest BCUT2D eigenvalue weighted by Gasteiger charge is -2.43. The third-order valence-corrected chi connectivity index (χ3v) is 7.14. The maximum absolute atomic E-state index is 12.1. The van der Waals surface area contributed by atoms with E-state index in [1.165, 1.54) is 24.5 Å². The molecule has 3 aliphatic heterocycles. The normalized spacial score (nSPS) is 43.0. The molecule has 1 aliphatic carbocycles. The second-order valence-corrected chi connectivity index (χ2v) is 9.28. The summed E-state index contributed by atoms with van der Waals surface area (Å²) in [6.45, 7) is -0.829. The molecule has 5 rings (SSSR count). The first-order valence-electron chi connectivity index (χ1n) is 11.5. The van der Waals surface area contributed by atoms with Crippen LogP contribution in [0.3, 0.4) is 0 Å². The third kappa shape index (κ3) is 4.40. The van der Waals surface area contributed by atoms with Crippen molar-refractivity contribution in [2.24, 2.45) is 11.8 Å².